The second kappa shape index (κ2) is 7.99. The molecule has 1 fully saturated rings. The summed E-state index contributed by atoms with van der Waals surface area (Å²) in [6, 6.07) is 4.03. The fourth-order valence-electron chi connectivity index (χ4n) is 4.16. The molecular weight excluding hydrogens is 501 g/mol. The van der Waals surface area contributed by atoms with Crippen molar-refractivity contribution in [1.82, 2.24) is 24.8 Å². The van der Waals surface area contributed by atoms with Crippen molar-refractivity contribution in [3.8, 4) is 0 Å². The molecule has 0 radical (unpaired) electrons. The SMILES string of the molecule is Nc1nc(F)nc2c1nc(Cc1cc3c(cc1I)CCC3F)n2CCNCC1CC1. The van der Waals surface area contributed by atoms with Gasteiger partial charge in [0.1, 0.15) is 12.0 Å². The topological polar surface area (TPSA) is 81.7 Å². The van der Waals surface area contributed by atoms with Gasteiger partial charge in [-0.05, 0) is 83.5 Å². The Morgan fingerprint density at radius 1 is 1.20 bits per heavy atom. The molecule has 5 rings (SSSR count). The van der Waals surface area contributed by atoms with E-state index in [1.165, 1.54) is 12.8 Å². The van der Waals surface area contributed by atoms with Crippen molar-refractivity contribution in [3.63, 3.8) is 0 Å². The van der Waals surface area contributed by atoms with Crippen molar-refractivity contribution in [2.45, 2.75) is 44.8 Å². The van der Waals surface area contributed by atoms with Crippen molar-refractivity contribution in [2.75, 3.05) is 18.8 Å². The van der Waals surface area contributed by atoms with Crippen molar-refractivity contribution >= 4 is 39.6 Å². The molecule has 1 saturated carbocycles. The van der Waals surface area contributed by atoms with Gasteiger partial charge in [-0.15, -0.1) is 0 Å². The molecular formula is C21H23F2IN6. The molecule has 0 amide bonds. The minimum atomic E-state index is -0.906. The number of nitrogens with two attached hydrogens (primary N) is 1. The van der Waals surface area contributed by atoms with Crippen LogP contribution in [0.5, 0.6) is 0 Å². The molecule has 1 atom stereocenters. The van der Waals surface area contributed by atoms with Gasteiger partial charge < -0.3 is 15.6 Å². The van der Waals surface area contributed by atoms with Gasteiger partial charge in [0.15, 0.2) is 17.0 Å². The monoisotopic (exact) mass is 524 g/mol. The standard InChI is InChI=1S/C21H23F2IN6/c22-15-4-3-12-8-16(24)13(7-14(12)15)9-17-27-18-19(25)28-21(23)29-20(18)30(17)6-5-26-10-11-1-2-11/h7-8,11,15,26H,1-6,9-10H2,(H2,25,28,29). The molecule has 1 unspecified atom stereocenters. The molecule has 158 valence electrons. The third kappa shape index (κ3) is 3.89. The number of imidazole rings is 1. The molecule has 3 aromatic rings. The summed E-state index contributed by atoms with van der Waals surface area (Å²) < 4.78 is 31.1. The highest BCUT2D eigenvalue weighted by Crippen LogP contribution is 2.37. The van der Waals surface area contributed by atoms with Crippen molar-refractivity contribution in [2.24, 2.45) is 5.92 Å². The van der Waals surface area contributed by atoms with Crippen LogP contribution in [0.25, 0.3) is 11.2 Å². The number of hydrogen-bond donors (Lipinski definition) is 2. The van der Waals surface area contributed by atoms with Gasteiger partial charge in [0.2, 0.25) is 0 Å². The van der Waals surface area contributed by atoms with Crippen LogP contribution in [0.3, 0.4) is 0 Å². The Labute approximate surface area is 186 Å². The number of rotatable bonds is 7. The Kier molecular flexibility index (Phi) is 5.34. The van der Waals surface area contributed by atoms with Crippen LogP contribution in [0, 0.1) is 15.6 Å². The molecule has 1 aromatic carbocycles. The number of alkyl halides is 1. The van der Waals surface area contributed by atoms with Gasteiger partial charge in [0.05, 0.1) is 0 Å². The van der Waals surface area contributed by atoms with E-state index in [9.17, 15) is 8.78 Å². The normalized spacial score (nSPS) is 18.3. The van der Waals surface area contributed by atoms with Crippen LogP contribution in [0.1, 0.15) is 47.9 Å². The lowest BCUT2D eigenvalue weighted by molar-refractivity contribution is 0.343. The van der Waals surface area contributed by atoms with Crippen LogP contribution in [0.4, 0.5) is 14.6 Å². The second-order valence-corrected chi connectivity index (χ2v) is 9.36. The van der Waals surface area contributed by atoms with Gasteiger partial charge in [-0.25, -0.2) is 9.37 Å². The van der Waals surface area contributed by atoms with Crippen LogP contribution in [-0.4, -0.2) is 32.6 Å². The molecule has 2 heterocycles. The molecule has 30 heavy (non-hydrogen) atoms. The van der Waals surface area contributed by atoms with E-state index < -0.39 is 12.2 Å². The minimum absolute atomic E-state index is 0.0379. The van der Waals surface area contributed by atoms with E-state index in [2.05, 4.69) is 48.9 Å². The third-order valence-electron chi connectivity index (χ3n) is 5.98. The van der Waals surface area contributed by atoms with E-state index >= 15 is 0 Å². The Bertz CT molecular complexity index is 1110. The predicted octanol–water partition coefficient (Wildman–Crippen LogP) is 3.70. The summed E-state index contributed by atoms with van der Waals surface area (Å²) in [7, 11) is 0. The number of hydrogen-bond acceptors (Lipinski definition) is 5. The summed E-state index contributed by atoms with van der Waals surface area (Å²) in [5, 5.41) is 3.45. The number of anilines is 1. The maximum atomic E-state index is 14.3. The van der Waals surface area contributed by atoms with E-state index in [-0.39, 0.29) is 5.82 Å². The van der Waals surface area contributed by atoms with E-state index in [0.717, 1.165) is 51.5 Å². The van der Waals surface area contributed by atoms with Crippen molar-refractivity contribution in [3.05, 3.63) is 44.3 Å². The van der Waals surface area contributed by atoms with E-state index in [4.69, 9.17) is 5.73 Å². The Hall–Kier alpha value is -1.88. The number of nitrogen functional groups attached to an aromatic ring is 1. The highest BCUT2D eigenvalue weighted by atomic mass is 127. The number of nitrogens with one attached hydrogen (secondary N) is 1. The fourth-order valence-corrected chi connectivity index (χ4v) is 4.88. The molecule has 0 saturated heterocycles. The first-order valence-electron chi connectivity index (χ1n) is 10.3. The zero-order valence-electron chi connectivity index (χ0n) is 16.5. The number of benzene rings is 1. The van der Waals surface area contributed by atoms with E-state index in [0.29, 0.717) is 30.6 Å². The zero-order chi connectivity index (χ0) is 20.8. The lowest BCUT2D eigenvalue weighted by Crippen LogP contribution is -2.23. The van der Waals surface area contributed by atoms with Crippen LogP contribution in [-0.2, 0) is 19.4 Å². The lowest BCUT2D eigenvalue weighted by Gasteiger charge is -2.12. The number of halogens is 3. The highest BCUT2D eigenvalue weighted by Gasteiger charge is 2.25. The molecule has 2 aromatic heterocycles. The summed E-state index contributed by atoms with van der Waals surface area (Å²) in [4.78, 5) is 12.2. The first-order chi connectivity index (χ1) is 14.5. The smallest absolute Gasteiger partial charge is 0.312 e. The van der Waals surface area contributed by atoms with Crippen molar-refractivity contribution < 1.29 is 8.78 Å². The summed E-state index contributed by atoms with van der Waals surface area (Å²) in [6.07, 6.45) is 2.64. The average Bonchev–Trinajstić information content (AvgIpc) is 3.38. The molecule has 9 heteroatoms. The van der Waals surface area contributed by atoms with Crippen LogP contribution < -0.4 is 11.1 Å². The lowest BCUT2D eigenvalue weighted by atomic mass is 10.0. The number of aryl methyl sites for hydroxylation is 1. The van der Waals surface area contributed by atoms with Crippen LogP contribution >= 0.6 is 22.6 Å². The maximum Gasteiger partial charge on any atom is 0.312 e. The molecule has 0 spiro atoms. The molecule has 0 aliphatic heterocycles. The minimum Gasteiger partial charge on any atom is -0.382 e. The maximum absolute atomic E-state index is 14.3. The first kappa shape index (κ1) is 20.0. The van der Waals surface area contributed by atoms with Gasteiger partial charge in [-0.3, -0.25) is 0 Å². The summed E-state index contributed by atoms with van der Waals surface area (Å²) in [5.41, 5.74) is 9.62. The molecule has 3 N–H and O–H groups in total. The number of nitrogens with zero attached hydrogens (tertiary/aromatic N) is 4. The van der Waals surface area contributed by atoms with Gasteiger partial charge in [0.25, 0.3) is 0 Å². The molecule has 2 aliphatic rings. The molecule has 2 aliphatic carbocycles. The Balaban J connectivity index is 1.49. The van der Waals surface area contributed by atoms with Gasteiger partial charge in [0, 0.05) is 23.1 Å². The van der Waals surface area contributed by atoms with Crippen LogP contribution in [0.15, 0.2) is 12.1 Å². The zero-order valence-corrected chi connectivity index (χ0v) is 18.6. The summed E-state index contributed by atoms with van der Waals surface area (Å²) >= 11 is 2.29. The predicted molar refractivity (Wildman–Crippen MR) is 119 cm³/mol. The van der Waals surface area contributed by atoms with E-state index in [1.807, 2.05) is 10.6 Å². The number of aromatic nitrogens is 4. The van der Waals surface area contributed by atoms with E-state index in [1.54, 1.807) is 0 Å². The van der Waals surface area contributed by atoms with Gasteiger partial charge in [-0.2, -0.15) is 14.4 Å². The number of fused-ring (bicyclic) bond motifs is 2. The summed E-state index contributed by atoms with van der Waals surface area (Å²) in [6.45, 7) is 2.32. The van der Waals surface area contributed by atoms with Gasteiger partial charge >= 0.3 is 6.08 Å². The second-order valence-electron chi connectivity index (χ2n) is 8.20. The average molecular weight is 524 g/mol. The Morgan fingerprint density at radius 2 is 2.03 bits per heavy atom. The van der Waals surface area contributed by atoms with Gasteiger partial charge in [-0.1, -0.05) is 6.07 Å². The largest absolute Gasteiger partial charge is 0.382 e. The quantitative estimate of drug-likeness (QED) is 0.280. The third-order valence-corrected chi connectivity index (χ3v) is 6.98. The summed E-state index contributed by atoms with van der Waals surface area (Å²) in [5.74, 6) is 1.55. The fraction of sp³-hybridized carbons (Fsp3) is 0.476. The molecule has 6 nitrogen and oxygen atoms in total. The highest BCUT2D eigenvalue weighted by molar-refractivity contribution is 14.1. The Morgan fingerprint density at radius 3 is 2.83 bits per heavy atom. The van der Waals surface area contributed by atoms with Crippen LogP contribution in [0.2, 0.25) is 0 Å². The molecule has 0 bridgehead atoms. The first-order valence-corrected chi connectivity index (χ1v) is 11.4. The van der Waals surface area contributed by atoms with Crippen molar-refractivity contribution in [1.29, 1.82) is 0 Å².